The lowest BCUT2D eigenvalue weighted by atomic mass is 9.89. The van der Waals surface area contributed by atoms with Crippen molar-refractivity contribution in [3.05, 3.63) is 35.9 Å². The molecule has 0 aromatic heterocycles. The van der Waals surface area contributed by atoms with Crippen LogP contribution in [-0.2, 0) is 4.79 Å². The summed E-state index contributed by atoms with van der Waals surface area (Å²) in [5, 5.41) is 14.9. The third-order valence-electron chi connectivity index (χ3n) is 3.86. The number of amidine groups is 1. The molecule has 0 heterocycles. The second-order valence-corrected chi connectivity index (χ2v) is 4.90. The number of nitrogens with zero attached hydrogens (tertiary/aromatic N) is 1. The van der Waals surface area contributed by atoms with Crippen LogP contribution in [0.2, 0.25) is 0 Å². The largest absolute Gasteiger partial charge is 0.409 e. The highest BCUT2D eigenvalue weighted by Gasteiger charge is 2.34. The smallest absolute Gasteiger partial charge is 0.228 e. The number of oxime groups is 1. The Kier molecular flexibility index (Phi) is 5.55. The van der Waals surface area contributed by atoms with Gasteiger partial charge in [-0.25, -0.2) is 0 Å². The minimum absolute atomic E-state index is 0.0381. The zero-order valence-corrected chi connectivity index (χ0v) is 12.3. The van der Waals surface area contributed by atoms with Crippen molar-refractivity contribution in [2.24, 2.45) is 10.9 Å². The van der Waals surface area contributed by atoms with E-state index in [1.165, 1.54) is 0 Å². The van der Waals surface area contributed by atoms with Crippen molar-refractivity contribution in [2.45, 2.75) is 45.1 Å². The Morgan fingerprint density at radius 2 is 1.90 bits per heavy atom. The number of nitrogens with one attached hydrogen (secondary N) is 1. The molecule has 0 fully saturated rings. The van der Waals surface area contributed by atoms with Gasteiger partial charge in [0.2, 0.25) is 5.91 Å². The Balaban J connectivity index is 2.92. The maximum Gasteiger partial charge on any atom is 0.228 e. The lowest BCUT2D eigenvalue weighted by molar-refractivity contribution is -0.123. The molecule has 20 heavy (non-hydrogen) atoms. The van der Waals surface area contributed by atoms with Crippen molar-refractivity contribution in [3.63, 3.8) is 0 Å². The zero-order chi connectivity index (χ0) is 15.2. The van der Waals surface area contributed by atoms with Crippen molar-refractivity contribution in [2.75, 3.05) is 0 Å². The van der Waals surface area contributed by atoms with E-state index in [1.54, 1.807) is 0 Å². The van der Waals surface area contributed by atoms with Crippen LogP contribution in [0.3, 0.4) is 0 Å². The highest BCUT2D eigenvalue weighted by molar-refractivity contribution is 5.95. The molecule has 1 aromatic carbocycles. The molecular formula is C15H23N3O2. The Hall–Kier alpha value is -2.04. The van der Waals surface area contributed by atoms with E-state index < -0.39 is 5.54 Å². The molecule has 0 aliphatic heterocycles. The van der Waals surface area contributed by atoms with Crippen molar-refractivity contribution in [1.82, 2.24) is 5.32 Å². The van der Waals surface area contributed by atoms with Gasteiger partial charge in [0, 0.05) is 0 Å². The van der Waals surface area contributed by atoms with Gasteiger partial charge in [-0.15, -0.1) is 0 Å². The van der Waals surface area contributed by atoms with Crippen LogP contribution in [0.4, 0.5) is 0 Å². The second-order valence-electron chi connectivity index (χ2n) is 4.90. The van der Waals surface area contributed by atoms with Crippen LogP contribution in [-0.4, -0.2) is 22.5 Å². The molecule has 0 aliphatic rings. The Morgan fingerprint density at radius 3 is 2.35 bits per heavy atom. The Labute approximate surface area is 119 Å². The van der Waals surface area contributed by atoms with Gasteiger partial charge >= 0.3 is 0 Å². The first-order valence-corrected chi connectivity index (χ1v) is 6.85. The van der Waals surface area contributed by atoms with Crippen LogP contribution in [0.5, 0.6) is 0 Å². The van der Waals surface area contributed by atoms with Gasteiger partial charge in [-0.2, -0.15) is 0 Å². The van der Waals surface area contributed by atoms with Gasteiger partial charge in [0.1, 0.15) is 5.54 Å². The first-order chi connectivity index (χ1) is 9.50. The van der Waals surface area contributed by atoms with E-state index in [4.69, 9.17) is 10.9 Å². The van der Waals surface area contributed by atoms with E-state index in [2.05, 4.69) is 10.5 Å². The molecule has 1 atom stereocenters. The lowest BCUT2D eigenvalue weighted by Crippen LogP contribution is -2.57. The molecular weight excluding hydrogens is 254 g/mol. The molecule has 5 heteroatoms. The van der Waals surface area contributed by atoms with E-state index in [1.807, 2.05) is 51.1 Å². The number of hydrogen-bond acceptors (Lipinski definition) is 3. The van der Waals surface area contributed by atoms with Crippen LogP contribution in [0.15, 0.2) is 35.5 Å². The minimum Gasteiger partial charge on any atom is -0.409 e. The SMILES string of the molecule is CCC(CC)(NC(=O)C(C)c1ccccc1)/C(N)=N/O. The Morgan fingerprint density at radius 1 is 1.35 bits per heavy atom. The monoisotopic (exact) mass is 277 g/mol. The molecule has 4 N–H and O–H groups in total. The molecule has 0 saturated heterocycles. The molecule has 0 spiro atoms. The first kappa shape index (κ1) is 16.0. The molecule has 0 radical (unpaired) electrons. The molecule has 1 rings (SSSR count). The summed E-state index contributed by atoms with van der Waals surface area (Å²) in [5.41, 5.74) is 5.88. The van der Waals surface area contributed by atoms with Gasteiger partial charge in [-0.1, -0.05) is 49.3 Å². The van der Waals surface area contributed by atoms with Gasteiger partial charge in [-0.05, 0) is 25.3 Å². The van der Waals surface area contributed by atoms with Crippen LogP contribution >= 0.6 is 0 Å². The van der Waals surface area contributed by atoms with Gasteiger partial charge in [0.15, 0.2) is 5.84 Å². The second kappa shape index (κ2) is 6.93. The summed E-state index contributed by atoms with van der Waals surface area (Å²) in [7, 11) is 0. The number of carbonyl (C=O) groups excluding carboxylic acids is 1. The number of hydrogen-bond donors (Lipinski definition) is 3. The third-order valence-corrected chi connectivity index (χ3v) is 3.86. The van der Waals surface area contributed by atoms with E-state index in [0.29, 0.717) is 12.8 Å². The van der Waals surface area contributed by atoms with Crippen LogP contribution in [0, 0.1) is 0 Å². The first-order valence-electron chi connectivity index (χ1n) is 6.85. The fourth-order valence-electron chi connectivity index (χ4n) is 2.19. The molecule has 0 bridgehead atoms. The fraction of sp³-hybridized carbons (Fsp3) is 0.467. The highest BCUT2D eigenvalue weighted by Crippen LogP contribution is 2.20. The summed E-state index contributed by atoms with van der Waals surface area (Å²) in [5.74, 6) is -0.386. The lowest BCUT2D eigenvalue weighted by Gasteiger charge is -2.32. The maximum atomic E-state index is 12.4. The summed E-state index contributed by atoms with van der Waals surface area (Å²) >= 11 is 0. The normalized spacial score (nSPS) is 13.8. The maximum absolute atomic E-state index is 12.4. The summed E-state index contributed by atoms with van der Waals surface area (Å²) in [6, 6.07) is 9.53. The summed E-state index contributed by atoms with van der Waals surface area (Å²) in [6.07, 6.45) is 1.12. The van der Waals surface area contributed by atoms with E-state index in [0.717, 1.165) is 5.56 Å². The van der Waals surface area contributed by atoms with Gasteiger partial charge in [0.25, 0.3) is 0 Å². The molecule has 1 amide bonds. The molecule has 5 nitrogen and oxygen atoms in total. The summed E-state index contributed by atoms with van der Waals surface area (Å²) < 4.78 is 0. The average Bonchev–Trinajstić information content (AvgIpc) is 2.51. The molecule has 110 valence electrons. The number of benzene rings is 1. The predicted octanol–water partition coefficient (Wildman–Crippen LogP) is 2.21. The van der Waals surface area contributed by atoms with Crippen molar-refractivity contribution >= 4 is 11.7 Å². The molecule has 0 saturated carbocycles. The fourth-order valence-corrected chi connectivity index (χ4v) is 2.19. The van der Waals surface area contributed by atoms with Crippen molar-refractivity contribution in [3.8, 4) is 0 Å². The minimum atomic E-state index is -0.797. The summed E-state index contributed by atoms with van der Waals surface area (Å²) in [6.45, 7) is 5.64. The standard InChI is InChI=1S/C15H23N3O2/c1-4-15(5-2,14(16)18-20)17-13(19)11(3)12-9-7-6-8-10-12/h6-11,20H,4-5H2,1-3H3,(H2,16,18)(H,17,19). The van der Waals surface area contributed by atoms with E-state index in [-0.39, 0.29) is 17.7 Å². The topological polar surface area (TPSA) is 87.7 Å². The zero-order valence-electron chi connectivity index (χ0n) is 12.3. The quantitative estimate of drug-likeness (QED) is 0.322. The van der Waals surface area contributed by atoms with E-state index in [9.17, 15) is 4.79 Å². The van der Waals surface area contributed by atoms with Crippen LogP contribution < -0.4 is 11.1 Å². The summed E-state index contributed by atoms with van der Waals surface area (Å²) in [4.78, 5) is 12.4. The van der Waals surface area contributed by atoms with Gasteiger partial charge in [-0.3, -0.25) is 4.79 Å². The molecule has 0 aliphatic carbocycles. The number of amides is 1. The molecule has 1 aromatic rings. The van der Waals surface area contributed by atoms with Gasteiger partial charge in [0.05, 0.1) is 5.92 Å². The van der Waals surface area contributed by atoms with E-state index >= 15 is 0 Å². The number of carbonyl (C=O) groups is 1. The van der Waals surface area contributed by atoms with Crippen LogP contribution in [0.1, 0.15) is 45.1 Å². The van der Waals surface area contributed by atoms with Gasteiger partial charge < -0.3 is 16.3 Å². The predicted molar refractivity (Wildman–Crippen MR) is 79.7 cm³/mol. The third kappa shape index (κ3) is 3.29. The molecule has 1 unspecified atom stereocenters. The highest BCUT2D eigenvalue weighted by atomic mass is 16.4. The van der Waals surface area contributed by atoms with Crippen molar-refractivity contribution in [1.29, 1.82) is 0 Å². The van der Waals surface area contributed by atoms with Crippen molar-refractivity contribution < 1.29 is 10.0 Å². The van der Waals surface area contributed by atoms with Crippen LogP contribution in [0.25, 0.3) is 0 Å². The Bertz CT molecular complexity index is 467. The number of rotatable bonds is 6. The number of nitrogens with two attached hydrogens (primary N) is 1. The average molecular weight is 277 g/mol.